The van der Waals surface area contributed by atoms with Crippen molar-refractivity contribution in [3.8, 4) is 0 Å². The number of rotatable bonds is 5. The fourth-order valence-electron chi connectivity index (χ4n) is 4.67. The van der Waals surface area contributed by atoms with Gasteiger partial charge in [-0.05, 0) is 23.6 Å². The predicted molar refractivity (Wildman–Crippen MR) is 128 cm³/mol. The molecule has 31 heavy (non-hydrogen) atoms. The zero-order valence-electron chi connectivity index (χ0n) is 17.7. The Morgan fingerprint density at radius 2 is 1.19 bits per heavy atom. The molecule has 0 bridgehead atoms. The lowest BCUT2D eigenvalue weighted by Crippen LogP contribution is -2.37. The van der Waals surface area contributed by atoms with Crippen molar-refractivity contribution in [1.82, 2.24) is 4.90 Å². The first-order valence-electron chi connectivity index (χ1n) is 10.8. The highest BCUT2D eigenvalue weighted by atomic mass is 15.3. The second-order valence-electron chi connectivity index (χ2n) is 8.24. The minimum atomic E-state index is -0.400. The maximum Gasteiger partial charge on any atom is 0.132 e. The molecule has 0 N–H and O–H groups in total. The van der Waals surface area contributed by atoms with Crippen molar-refractivity contribution >= 4 is 5.84 Å². The number of benzene rings is 4. The third kappa shape index (κ3) is 3.66. The lowest BCUT2D eigenvalue weighted by atomic mass is 9.81. The summed E-state index contributed by atoms with van der Waals surface area (Å²) >= 11 is 0. The van der Waals surface area contributed by atoms with E-state index < -0.39 is 5.54 Å². The Labute approximate surface area is 184 Å². The van der Waals surface area contributed by atoms with Gasteiger partial charge in [0.2, 0.25) is 0 Å². The van der Waals surface area contributed by atoms with Crippen LogP contribution in [0.3, 0.4) is 0 Å². The maximum atomic E-state index is 5.44. The molecule has 5 rings (SSSR count). The summed E-state index contributed by atoms with van der Waals surface area (Å²) in [6, 6.07) is 42.8. The molecule has 0 fully saturated rings. The van der Waals surface area contributed by atoms with Gasteiger partial charge in [0.1, 0.15) is 11.4 Å². The highest BCUT2D eigenvalue weighted by Crippen LogP contribution is 2.48. The first-order chi connectivity index (χ1) is 15.3. The summed E-state index contributed by atoms with van der Waals surface area (Å²) in [6.07, 6.45) is 0. The molecule has 1 aliphatic rings. The monoisotopic (exact) mass is 402 g/mol. The van der Waals surface area contributed by atoms with E-state index in [-0.39, 0.29) is 6.04 Å². The van der Waals surface area contributed by atoms with E-state index in [0.717, 1.165) is 17.9 Å². The van der Waals surface area contributed by atoms with Gasteiger partial charge >= 0.3 is 0 Å². The lowest BCUT2D eigenvalue weighted by Gasteiger charge is -2.36. The SMILES string of the molecule is C[C@@]1(c2ccccc2)N=C(c2ccccc2)N(Cc2ccccc2)[C@H]1c1ccccc1. The van der Waals surface area contributed by atoms with Crippen LogP contribution < -0.4 is 0 Å². The third-order valence-electron chi connectivity index (χ3n) is 6.16. The van der Waals surface area contributed by atoms with E-state index in [2.05, 4.69) is 133 Å². The van der Waals surface area contributed by atoms with Crippen molar-refractivity contribution < 1.29 is 0 Å². The fourth-order valence-corrected chi connectivity index (χ4v) is 4.67. The van der Waals surface area contributed by atoms with Gasteiger partial charge in [-0.1, -0.05) is 121 Å². The van der Waals surface area contributed by atoms with Crippen LogP contribution in [0.1, 0.15) is 35.2 Å². The van der Waals surface area contributed by atoms with Crippen LogP contribution >= 0.6 is 0 Å². The summed E-state index contributed by atoms with van der Waals surface area (Å²) in [5.41, 5.74) is 4.54. The molecule has 152 valence electrons. The highest BCUT2D eigenvalue weighted by Gasteiger charge is 2.47. The van der Waals surface area contributed by atoms with E-state index in [1.165, 1.54) is 16.7 Å². The van der Waals surface area contributed by atoms with Crippen LogP contribution in [0.5, 0.6) is 0 Å². The molecule has 0 amide bonds. The van der Waals surface area contributed by atoms with Gasteiger partial charge in [-0.2, -0.15) is 0 Å². The molecule has 2 nitrogen and oxygen atoms in total. The number of hydrogen-bond donors (Lipinski definition) is 0. The van der Waals surface area contributed by atoms with E-state index in [9.17, 15) is 0 Å². The molecule has 4 aromatic rings. The summed E-state index contributed by atoms with van der Waals surface area (Å²) in [6.45, 7) is 3.07. The van der Waals surface area contributed by atoms with E-state index in [1.54, 1.807) is 0 Å². The summed E-state index contributed by atoms with van der Waals surface area (Å²) in [4.78, 5) is 7.92. The van der Waals surface area contributed by atoms with Gasteiger partial charge < -0.3 is 4.90 Å². The second kappa shape index (κ2) is 8.23. The third-order valence-corrected chi connectivity index (χ3v) is 6.16. The van der Waals surface area contributed by atoms with Crippen molar-refractivity contribution in [2.45, 2.75) is 25.0 Å². The Bertz CT molecular complexity index is 1150. The summed E-state index contributed by atoms with van der Waals surface area (Å²) < 4.78 is 0. The average Bonchev–Trinajstić information content (AvgIpc) is 3.14. The van der Waals surface area contributed by atoms with Crippen molar-refractivity contribution in [3.63, 3.8) is 0 Å². The first-order valence-corrected chi connectivity index (χ1v) is 10.8. The number of aliphatic imine (C=N–C) groups is 1. The zero-order chi connectivity index (χ0) is 21.1. The van der Waals surface area contributed by atoms with Crippen LogP contribution in [0.4, 0.5) is 0 Å². The molecular weight excluding hydrogens is 376 g/mol. The topological polar surface area (TPSA) is 15.6 Å². The lowest BCUT2D eigenvalue weighted by molar-refractivity contribution is 0.241. The summed E-state index contributed by atoms with van der Waals surface area (Å²) in [7, 11) is 0. The molecule has 0 unspecified atom stereocenters. The molecule has 4 aromatic carbocycles. The normalized spacial score (nSPS) is 20.5. The molecule has 0 saturated carbocycles. The summed E-state index contributed by atoms with van der Waals surface area (Å²) in [5, 5.41) is 0. The molecule has 1 aliphatic heterocycles. The number of hydrogen-bond acceptors (Lipinski definition) is 2. The maximum absolute atomic E-state index is 5.44. The zero-order valence-corrected chi connectivity index (χ0v) is 17.7. The molecule has 0 radical (unpaired) electrons. The number of amidine groups is 1. The molecule has 1 heterocycles. The Hall–Kier alpha value is -3.65. The molecular formula is C29H26N2. The van der Waals surface area contributed by atoms with Gasteiger partial charge in [0.25, 0.3) is 0 Å². The molecule has 0 aromatic heterocycles. The van der Waals surface area contributed by atoms with Crippen LogP contribution in [-0.2, 0) is 12.1 Å². The van der Waals surface area contributed by atoms with Crippen molar-refractivity contribution in [2.75, 3.05) is 0 Å². The minimum absolute atomic E-state index is 0.0894. The van der Waals surface area contributed by atoms with Gasteiger partial charge in [-0.3, -0.25) is 4.99 Å². The highest BCUT2D eigenvalue weighted by molar-refractivity contribution is 6.00. The second-order valence-corrected chi connectivity index (χ2v) is 8.24. The minimum Gasteiger partial charge on any atom is -0.342 e. The molecule has 2 heteroatoms. The largest absolute Gasteiger partial charge is 0.342 e. The van der Waals surface area contributed by atoms with E-state index >= 15 is 0 Å². The average molecular weight is 403 g/mol. The smallest absolute Gasteiger partial charge is 0.132 e. The van der Waals surface area contributed by atoms with Gasteiger partial charge in [-0.25, -0.2) is 0 Å². The standard InChI is InChI=1S/C29H26N2/c1-29(26-20-12-5-13-21-26)27(24-16-8-3-9-17-24)31(22-23-14-6-2-7-15-23)28(30-29)25-18-10-4-11-19-25/h2-21,27H,22H2,1H3/t27-,29-/m0/s1. The first kappa shape index (κ1) is 19.3. The van der Waals surface area contributed by atoms with Crippen LogP contribution in [0.2, 0.25) is 0 Å². The van der Waals surface area contributed by atoms with Crippen LogP contribution in [0, 0.1) is 0 Å². The van der Waals surface area contributed by atoms with Crippen LogP contribution in [-0.4, -0.2) is 10.7 Å². The van der Waals surface area contributed by atoms with Crippen molar-refractivity contribution in [3.05, 3.63) is 144 Å². The molecule has 0 spiro atoms. The van der Waals surface area contributed by atoms with Crippen LogP contribution in [0.15, 0.2) is 126 Å². The van der Waals surface area contributed by atoms with Gasteiger partial charge in [0.05, 0.1) is 6.04 Å². The molecule has 0 aliphatic carbocycles. The van der Waals surface area contributed by atoms with Gasteiger partial charge in [0.15, 0.2) is 0 Å². The van der Waals surface area contributed by atoms with Crippen molar-refractivity contribution in [2.24, 2.45) is 4.99 Å². The fraction of sp³-hybridized carbons (Fsp3) is 0.138. The molecule has 0 saturated heterocycles. The predicted octanol–water partition coefficient (Wildman–Crippen LogP) is 6.61. The van der Waals surface area contributed by atoms with E-state index in [4.69, 9.17) is 4.99 Å². The Kier molecular flexibility index (Phi) is 5.13. The Morgan fingerprint density at radius 3 is 1.81 bits per heavy atom. The van der Waals surface area contributed by atoms with Crippen LogP contribution in [0.25, 0.3) is 0 Å². The van der Waals surface area contributed by atoms with Crippen molar-refractivity contribution in [1.29, 1.82) is 0 Å². The Balaban J connectivity index is 1.70. The number of nitrogens with zero attached hydrogens (tertiary/aromatic N) is 2. The quantitative estimate of drug-likeness (QED) is 0.367. The van der Waals surface area contributed by atoms with E-state index in [0.29, 0.717) is 0 Å². The molecule has 2 atom stereocenters. The Morgan fingerprint density at radius 1 is 0.677 bits per heavy atom. The summed E-state index contributed by atoms with van der Waals surface area (Å²) in [5.74, 6) is 1.05. The van der Waals surface area contributed by atoms with Gasteiger partial charge in [0, 0.05) is 12.1 Å². The van der Waals surface area contributed by atoms with Gasteiger partial charge in [-0.15, -0.1) is 0 Å². The van der Waals surface area contributed by atoms with E-state index in [1.807, 2.05) is 0 Å².